The first-order valence-corrected chi connectivity index (χ1v) is 40.7. The molecule has 120 heavy (non-hydrogen) atoms. The molecule has 10 heterocycles. The van der Waals surface area contributed by atoms with E-state index in [0.717, 1.165) is 124 Å². The Morgan fingerprint density at radius 2 is 0.375 bits per heavy atom. The Hall–Kier alpha value is -16.3. The minimum Gasteiger partial charge on any atom is -0.309 e. The molecule has 0 aliphatic carbocycles. The van der Waals surface area contributed by atoms with E-state index in [-0.39, 0.29) is 0 Å². The molecule has 0 saturated carbocycles. The maximum atomic E-state index is 4.86. The van der Waals surface area contributed by atoms with Gasteiger partial charge in [-0.05, 0) is 203 Å². The molecule has 0 radical (unpaired) electrons. The van der Waals surface area contributed by atoms with Crippen molar-refractivity contribution in [2.24, 2.45) is 0 Å². The average molecular weight is 1540 g/mol. The molecule has 0 saturated heterocycles. The molecule has 24 aromatic rings. The number of hydrogen-bond acceptors (Lipinski definition) is 2. The summed E-state index contributed by atoms with van der Waals surface area (Å²) in [6.07, 6.45) is 8.24. The number of para-hydroxylation sites is 2. The summed E-state index contributed by atoms with van der Waals surface area (Å²) in [5.41, 5.74) is 33.6. The Balaban J connectivity index is 0.000000143. The number of hydrogen-bond donors (Lipinski definition) is 0. The normalized spacial score (nSPS) is 11.7. The average Bonchev–Trinajstić information content (AvgIpc) is 1.58. The molecule has 0 atom stereocenters. The summed E-state index contributed by atoms with van der Waals surface area (Å²) in [4.78, 5) is 9.73. The first kappa shape index (κ1) is 69.2. The second kappa shape index (κ2) is 28.9. The lowest BCUT2D eigenvalue weighted by Crippen LogP contribution is -2.00. The minimum absolute atomic E-state index is 0.938. The molecule has 0 bridgehead atoms. The van der Waals surface area contributed by atoms with E-state index in [1.165, 1.54) is 77.0 Å². The number of rotatable bonds is 14. The molecule has 24 rings (SSSR count). The zero-order valence-corrected chi connectivity index (χ0v) is 65.2. The Labute approximate surface area is 692 Å². The fraction of sp³-hybridized carbons (Fsp3) is 0. The summed E-state index contributed by atoms with van der Waals surface area (Å²) in [5, 5.41) is 7.13. The van der Waals surface area contributed by atoms with Crippen LogP contribution < -0.4 is 0 Å². The second-order valence-electron chi connectivity index (χ2n) is 30.8. The summed E-state index contributed by atoms with van der Waals surface area (Å²) in [7, 11) is 0. The molecule has 0 unspecified atom stereocenters. The largest absolute Gasteiger partial charge is 0.309 e. The van der Waals surface area contributed by atoms with Gasteiger partial charge in [-0.2, -0.15) is 0 Å². The summed E-state index contributed by atoms with van der Waals surface area (Å²) in [6.45, 7) is 0. The third-order valence-electron chi connectivity index (χ3n) is 23.6. The number of aromatic nitrogens is 10. The van der Waals surface area contributed by atoms with Gasteiger partial charge in [-0.1, -0.05) is 255 Å². The zero-order chi connectivity index (χ0) is 79.1. The predicted octanol–water partition coefficient (Wildman–Crippen LogP) is 27.7. The molecule has 10 nitrogen and oxygen atoms in total. The van der Waals surface area contributed by atoms with Gasteiger partial charge in [-0.25, -0.2) is 9.97 Å². The number of imidazole rings is 2. The van der Waals surface area contributed by atoms with Crippen LogP contribution in [0.1, 0.15) is 0 Å². The third kappa shape index (κ3) is 12.1. The van der Waals surface area contributed by atoms with Crippen LogP contribution in [0.15, 0.2) is 449 Å². The van der Waals surface area contributed by atoms with Crippen LogP contribution in [0.4, 0.5) is 0 Å². The molecule has 10 aromatic heterocycles. The van der Waals surface area contributed by atoms with Crippen molar-refractivity contribution in [2.45, 2.75) is 0 Å². The van der Waals surface area contributed by atoms with Crippen molar-refractivity contribution in [3.8, 4) is 124 Å². The van der Waals surface area contributed by atoms with E-state index < -0.39 is 0 Å². The zero-order valence-electron chi connectivity index (χ0n) is 65.2. The van der Waals surface area contributed by atoms with E-state index in [1.807, 2.05) is 48.8 Å². The molecule has 14 aromatic carbocycles. The van der Waals surface area contributed by atoms with Crippen molar-refractivity contribution >= 4 is 76.7 Å². The lowest BCUT2D eigenvalue weighted by atomic mass is 10.1. The molecule has 0 aliphatic rings. The summed E-state index contributed by atoms with van der Waals surface area (Å²) >= 11 is 0. The smallest absolute Gasteiger partial charge is 0.137 e. The van der Waals surface area contributed by atoms with E-state index >= 15 is 0 Å². The van der Waals surface area contributed by atoms with E-state index in [2.05, 4.69) is 437 Å². The van der Waals surface area contributed by atoms with E-state index in [4.69, 9.17) is 9.97 Å². The van der Waals surface area contributed by atoms with Gasteiger partial charge in [0.25, 0.3) is 0 Å². The van der Waals surface area contributed by atoms with Crippen molar-refractivity contribution in [1.82, 2.24) is 46.2 Å². The van der Waals surface area contributed by atoms with Gasteiger partial charge >= 0.3 is 0 Å². The highest BCUT2D eigenvalue weighted by Gasteiger charge is 2.24. The topological polar surface area (TPSA) is 64.2 Å². The van der Waals surface area contributed by atoms with Crippen LogP contribution >= 0.6 is 0 Å². The molecule has 0 fully saturated rings. The standard InChI is InChI=1S/C62H42N4.C48H32N6/c1-5-17-43(18-6-1)57-37-47-25-13-15-27-55(47)63(57)51-29-33-53(34-30-51)65-59(45-21-9-3-10-22-45)39-49-42-62-50(41-61(49)65)40-60(46-23-11-4-12-24-46)66(62)54-35-31-52(32-36-54)64-56-28-16-14-26-48(56)38-58(64)44-19-7-2-8-20-44;1-3-11-35(12-4-1)43-27-37-29-46-38(30-45(37)53(43)39-21-17-33(18-22-39)41-31-51-25-9-7-15-47(51)49-41)28-44(36-13-5-2-6-14-36)54(46)40-23-19-34(20-24-40)42-32-52-26-10-8-16-48(52)50-42/h1-42H;1-32H. The molecular formula is C110H74N10. The number of nitrogens with zero attached hydrogens (tertiary/aromatic N) is 10. The fourth-order valence-electron chi connectivity index (χ4n) is 17.9. The lowest BCUT2D eigenvalue weighted by molar-refractivity contribution is 1.10. The SMILES string of the molecule is c1ccc(-c2cc3cc4c(cc(-c5ccccc5)n4-c4ccc(-c5cn6ccccc6n5)cc4)cc3n2-c2ccc(-c3cn4ccccc4n3)cc2)cc1.c1ccc(-c2cc3ccccc3n2-c2ccc(-n3c(-c4ccccc4)cc4cc5c(cc(-c6ccccc6)n5-c5ccc(-n6c(-c7ccccc7)cc7ccccc76)cc5)cc43)cc2)cc1. The summed E-state index contributed by atoms with van der Waals surface area (Å²) in [5.74, 6) is 0. The van der Waals surface area contributed by atoms with Crippen molar-refractivity contribution in [3.05, 3.63) is 449 Å². The van der Waals surface area contributed by atoms with Gasteiger partial charge in [0.1, 0.15) is 11.3 Å². The maximum absolute atomic E-state index is 4.86. The van der Waals surface area contributed by atoms with Crippen LogP contribution in [0.3, 0.4) is 0 Å². The molecular weight excluding hydrogens is 1460 g/mol. The van der Waals surface area contributed by atoms with Crippen molar-refractivity contribution < 1.29 is 0 Å². The third-order valence-corrected chi connectivity index (χ3v) is 23.6. The summed E-state index contributed by atoms with van der Waals surface area (Å²) in [6, 6.07) is 153. The van der Waals surface area contributed by atoms with Gasteiger partial charge in [-0.15, -0.1) is 0 Å². The first-order chi connectivity index (χ1) is 59.5. The van der Waals surface area contributed by atoms with Gasteiger partial charge in [0.2, 0.25) is 0 Å². The number of pyridine rings is 2. The Morgan fingerprint density at radius 3 is 0.633 bits per heavy atom. The second-order valence-corrected chi connectivity index (χ2v) is 30.8. The van der Waals surface area contributed by atoms with Gasteiger partial charge in [0.05, 0.1) is 78.7 Å². The Morgan fingerprint density at radius 1 is 0.158 bits per heavy atom. The number of benzene rings is 14. The van der Waals surface area contributed by atoms with Crippen LogP contribution in [0.5, 0.6) is 0 Å². The van der Waals surface area contributed by atoms with Gasteiger partial charge in [0.15, 0.2) is 0 Å². The molecule has 0 spiro atoms. The molecule has 0 N–H and O–H groups in total. The van der Waals surface area contributed by atoms with Crippen molar-refractivity contribution in [3.63, 3.8) is 0 Å². The first-order valence-electron chi connectivity index (χ1n) is 40.7. The molecule has 0 aliphatic heterocycles. The van der Waals surface area contributed by atoms with Crippen LogP contribution in [0, 0.1) is 0 Å². The molecule has 564 valence electrons. The monoisotopic (exact) mass is 1530 g/mol. The van der Waals surface area contributed by atoms with Gasteiger partial charge in [-0.3, -0.25) is 0 Å². The fourth-order valence-corrected chi connectivity index (χ4v) is 17.9. The van der Waals surface area contributed by atoms with Crippen LogP contribution in [-0.2, 0) is 0 Å². The number of fused-ring (bicyclic) bond motifs is 8. The highest BCUT2D eigenvalue weighted by molar-refractivity contribution is 6.05. The van der Waals surface area contributed by atoms with E-state index in [1.54, 1.807) is 0 Å². The maximum Gasteiger partial charge on any atom is 0.137 e. The molecule has 10 heteroatoms. The van der Waals surface area contributed by atoms with Crippen LogP contribution in [-0.4, -0.2) is 46.2 Å². The van der Waals surface area contributed by atoms with Gasteiger partial charge in [0, 0.05) is 102 Å². The Bertz CT molecular complexity index is 7400. The van der Waals surface area contributed by atoms with Crippen molar-refractivity contribution in [1.29, 1.82) is 0 Å². The minimum atomic E-state index is 0.938. The highest BCUT2D eigenvalue weighted by atomic mass is 15.1. The Kier molecular flexibility index (Phi) is 16.7. The van der Waals surface area contributed by atoms with Gasteiger partial charge < -0.3 is 36.2 Å². The quantitative estimate of drug-likeness (QED) is 0.109. The van der Waals surface area contributed by atoms with Crippen LogP contribution in [0.2, 0.25) is 0 Å². The highest BCUT2D eigenvalue weighted by Crippen LogP contribution is 2.44. The van der Waals surface area contributed by atoms with E-state index in [9.17, 15) is 0 Å². The van der Waals surface area contributed by atoms with Crippen LogP contribution in [0.25, 0.3) is 201 Å². The summed E-state index contributed by atoms with van der Waals surface area (Å²) < 4.78 is 18.5. The van der Waals surface area contributed by atoms with Crippen molar-refractivity contribution in [2.75, 3.05) is 0 Å². The molecule has 0 amide bonds. The predicted molar refractivity (Wildman–Crippen MR) is 495 cm³/mol. The van der Waals surface area contributed by atoms with E-state index in [0.29, 0.717) is 0 Å². The lowest BCUT2D eigenvalue weighted by Gasteiger charge is -2.15.